The van der Waals surface area contributed by atoms with Gasteiger partial charge in [0.2, 0.25) is 0 Å². The van der Waals surface area contributed by atoms with E-state index < -0.39 is 0 Å². The van der Waals surface area contributed by atoms with Crippen molar-refractivity contribution in [3.8, 4) is 0 Å². The van der Waals surface area contributed by atoms with Crippen LogP contribution in [-0.4, -0.2) is 12.2 Å². The fourth-order valence-corrected chi connectivity index (χ4v) is 0.899. The summed E-state index contributed by atoms with van der Waals surface area (Å²) in [6.07, 6.45) is 6.95. The Kier molecular flexibility index (Phi) is 4.95. The van der Waals surface area contributed by atoms with Gasteiger partial charge in [0, 0.05) is 7.11 Å². The summed E-state index contributed by atoms with van der Waals surface area (Å²) in [7, 11) is 1.00. The van der Waals surface area contributed by atoms with Crippen LogP contribution in [0.3, 0.4) is 0 Å². The highest BCUT2D eigenvalue weighted by molar-refractivity contribution is 5.25. The first-order chi connectivity index (χ1) is 4.80. The highest BCUT2D eigenvalue weighted by Crippen LogP contribution is 2.16. The lowest BCUT2D eigenvalue weighted by molar-refractivity contribution is 0.399. The van der Waals surface area contributed by atoms with Crippen molar-refractivity contribution in [3.63, 3.8) is 0 Å². The molecule has 1 aliphatic carbocycles. The van der Waals surface area contributed by atoms with Crippen LogP contribution >= 0.6 is 0 Å². The summed E-state index contributed by atoms with van der Waals surface area (Å²) in [5, 5.41) is 7.00. The van der Waals surface area contributed by atoms with Crippen LogP contribution in [0.4, 0.5) is 0 Å². The van der Waals surface area contributed by atoms with Gasteiger partial charge >= 0.3 is 0 Å². The third kappa shape index (κ3) is 2.83. The summed E-state index contributed by atoms with van der Waals surface area (Å²) in [5.41, 5.74) is 3.00. The maximum Gasteiger partial charge on any atom is 0.0319 e. The van der Waals surface area contributed by atoms with Gasteiger partial charge in [0.1, 0.15) is 0 Å². The lowest BCUT2D eigenvalue weighted by atomic mass is 10.0. The largest absolute Gasteiger partial charge is 0.400 e. The molecule has 0 bridgehead atoms. The number of hydrogen-bond acceptors (Lipinski definition) is 1. The van der Waals surface area contributed by atoms with Crippen molar-refractivity contribution < 1.29 is 5.11 Å². The smallest absolute Gasteiger partial charge is 0.0319 e. The van der Waals surface area contributed by atoms with E-state index in [-0.39, 0.29) is 0 Å². The van der Waals surface area contributed by atoms with E-state index in [9.17, 15) is 0 Å². The lowest BCUT2D eigenvalue weighted by Crippen LogP contribution is -1.85. The Morgan fingerprint density at radius 2 is 1.90 bits per heavy atom. The molecule has 0 aromatic carbocycles. The van der Waals surface area contributed by atoms with Crippen molar-refractivity contribution in [1.82, 2.24) is 0 Å². The van der Waals surface area contributed by atoms with Crippen LogP contribution in [0.2, 0.25) is 0 Å². The molecule has 0 spiro atoms. The zero-order chi connectivity index (χ0) is 7.98. The number of hydrogen-bond donors (Lipinski definition) is 1. The maximum atomic E-state index is 7.00. The van der Waals surface area contributed by atoms with Gasteiger partial charge in [-0.15, -0.1) is 0 Å². The predicted molar refractivity (Wildman–Crippen MR) is 44.9 cm³/mol. The van der Waals surface area contributed by atoms with E-state index in [1.54, 1.807) is 5.57 Å². The summed E-state index contributed by atoms with van der Waals surface area (Å²) in [6, 6.07) is 0. The van der Waals surface area contributed by atoms with Crippen LogP contribution in [0, 0.1) is 0 Å². The molecule has 1 nitrogen and oxygen atoms in total. The third-order valence-electron chi connectivity index (χ3n) is 1.73. The van der Waals surface area contributed by atoms with Gasteiger partial charge in [0.15, 0.2) is 0 Å². The average Bonchev–Trinajstić information content (AvgIpc) is 2.00. The van der Waals surface area contributed by atoms with E-state index in [1.165, 1.54) is 18.4 Å². The van der Waals surface area contributed by atoms with Gasteiger partial charge in [-0.05, 0) is 26.7 Å². The number of aliphatic hydroxyl groups is 1. The van der Waals surface area contributed by atoms with Crippen LogP contribution in [-0.2, 0) is 0 Å². The second-order valence-corrected chi connectivity index (χ2v) is 2.40. The Hall–Kier alpha value is -0.560. The van der Waals surface area contributed by atoms with Crippen molar-refractivity contribution in [2.75, 3.05) is 7.11 Å². The molecule has 0 aromatic heterocycles. The molecular weight excluding hydrogens is 124 g/mol. The van der Waals surface area contributed by atoms with Crippen molar-refractivity contribution in [2.45, 2.75) is 26.7 Å². The van der Waals surface area contributed by atoms with E-state index in [4.69, 9.17) is 5.11 Å². The van der Waals surface area contributed by atoms with Gasteiger partial charge in [-0.3, -0.25) is 0 Å². The zero-order valence-corrected chi connectivity index (χ0v) is 7.02. The zero-order valence-electron chi connectivity index (χ0n) is 7.02. The average molecular weight is 140 g/mol. The molecule has 1 N–H and O–H groups in total. The van der Waals surface area contributed by atoms with Gasteiger partial charge in [0.05, 0.1) is 0 Å². The molecule has 0 saturated carbocycles. The first kappa shape index (κ1) is 9.44. The van der Waals surface area contributed by atoms with E-state index in [2.05, 4.69) is 26.0 Å². The third-order valence-corrected chi connectivity index (χ3v) is 1.73. The minimum absolute atomic E-state index is 1.00. The van der Waals surface area contributed by atoms with Crippen molar-refractivity contribution in [2.24, 2.45) is 0 Å². The van der Waals surface area contributed by atoms with Gasteiger partial charge < -0.3 is 5.11 Å². The van der Waals surface area contributed by atoms with E-state index >= 15 is 0 Å². The first-order valence-electron chi connectivity index (χ1n) is 3.58. The van der Waals surface area contributed by atoms with Gasteiger partial charge in [0.25, 0.3) is 0 Å². The molecule has 0 fully saturated rings. The highest BCUT2D eigenvalue weighted by atomic mass is 16.2. The number of aliphatic hydroxyl groups excluding tert-OH is 1. The Morgan fingerprint density at radius 1 is 1.30 bits per heavy atom. The fraction of sp³-hybridized carbons (Fsp3) is 0.556. The monoisotopic (exact) mass is 140 g/mol. The molecule has 0 amide bonds. The second kappa shape index (κ2) is 5.24. The van der Waals surface area contributed by atoms with Crippen LogP contribution in [0.25, 0.3) is 0 Å². The fourth-order valence-electron chi connectivity index (χ4n) is 0.899. The second-order valence-electron chi connectivity index (χ2n) is 2.40. The molecule has 1 heteroatoms. The minimum atomic E-state index is 1.00. The van der Waals surface area contributed by atoms with Gasteiger partial charge in [-0.2, -0.15) is 0 Å². The van der Waals surface area contributed by atoms with Gasteiger partial charge in [-0.25, -0.2) is 0 Å². The molecular formula is C9H16O. The Bertz CT molecular complexity index is 143. The molecule has 0 aromatic rings. The minimum Gasteiger partial charge on any atom is -0.400 e. The summed E-state index contributed by atoms with van der Waals surface area (Å²) < 4.78 is 0. The molecule has 1 rings (SSSR count). The van der Waals surface area contributed by atoms with E-state index in [1.807, 2.05) is 0 Å². The van der Waals surface area contributed by atoms with Gasteiger partial charge in [-0.1, -0.05) is 23.3 Å². The normalized spacial score (nSPS) is 16.4. The van der Waals surface area contributed by atoms with E-state index in [0.717, 1.165) is 7.11 Å². The Balaban J connectivity index is 0.000000371. The summed E-state index contributed by atoms with van der Waals surface area (Å²) in [5.74, 6) is 0. The molecule has 0 heterocycles. The summed E-state index contributed by atoms with van der Waals surface area (Å²) in [4.78, 5) is 0. The van der Waals surface area contributed by atoms with Crippen LogP contribution < -0.4 is 0 Å². The van der Waals surface area contributed by atoms with Crippen LogP contribution in [0.15, 0.2) is 23.3 Å². The van der Waals surface area contributed by atoms with Crippen molar-refractivity contribution >= 4 is 0 Å². The summed E-state index contributed by atoms with van der Waals surface area (Å²) in [6.45, 7) is 4.38. The lowest BCUT2D eigenvalue weighted by Gasteiger charge is -2.06. The molecule has 0 unspecified atom stereocenters. The molecule has 0 aliphatic heterocycles. The Morgan fingerprint density at radius 3 is 2.20 bits per heavy atom. The highest BCUT2D eigenvalue weighted by Gasteiger charge is 1.96. The quantitative estimate of drug-likeness (QED) is 0.547. The molecule has 0 saturated heterocycles. The maximum absolute atomic E-state index is 7.00. The SMILES string of the molecule is CC1=C(C)CCC=C1.CO. The first-order valence-corrected chi connectivity index (χ1v) is 3.58. The summed E-state index contributed by atoms with van der Waals surface area (Å²) >= 11 is 0. The molecule has 10 heavy (non-hydrogen) atoms. The van der Waals surface area contributed by atoms with Crippen molar-refractivity contribution in [1.29, 1.82) is 0 Å². The number of allylic oxidation sites excluding steroid dienone is 4. The predicted octanol–water partition coefficient (Wildman–Crippen LogP) is 2.28. The van der Waals surface area contributed by atoms with Crippen LogP contribution in [0.5, 0.6) is 0 Å². The molecule has 1 aliphatic rings. The Labute approximate surface area is 63.1 Å². The molecule has 58 valence electrons. The number of rotatable bonds is 0. The van der Waals surface area contributed by atoms with E-state index in [0.29, 0.717) is 0 Å². The topological polar surface area (TPSA) is 20.2 Å². The standard InChI is InChI=1S/C8H12.CH4O/c1-7-5-3-4-6-8(7)2;1-2/h3,5H,4,6H2,1-2H3;2H,1H3. The molecule has 0 radical (unpaired) electrons. The van der Waals surface area contributed by atoms with Crippen molar-refractivity contribution in [3.05, 3.63) is 23.3 Å². The molecule has 0 atom stereocenters. The van der Waals surface area contributed by atoms with Crippen LogP contribution in [0.1, 0.15) is 26.7 Å².